The molecule has 0 bridgehead atoms. The first-order valence-corrected chi connectivity index (χ1v) is 10.0. The van der Waals surface area contributed by atoms with Gasteiger partial charge in [-0.05, 0) is 24.6 Å². The van der Waals surface area contributed by atoms with Gasteiger partial charge < -0.3 is 9.47 Å². The molecular weight excluding hydrogens is 386 g/mol. The summed E-state index contributed by atoms with van der Waals surface area (Å²) in [6, 6.07) is 29.7. The van der Waals surface area contributed by atoms with E-state index in [9.17, 15) is 0 Å². The summed E-state index contributed by atoms with van der Waals surface area (Å²) in [6.45, 7) is 2.29. The van der Waals surface area contributed by atoms with Gasteiger partial charge in [0.1, 0.15) is 23.8 Å². The number of aliphatic imine (C=N–C) groups is 1. The fourth-order valence-corrected chi connectivity index (χ4v) is 3.11. The van der Waals surface area contributed by atoms with Crippen LogP contribution in [0, 0.1) is 6.92 Å². The number of benzene rings is 3. The van der Waals surface area contributed by atoms with Crippen molar-refractivity contribution in [1.29, 1.82) is 0 Å². The molecule has 31 heavy (non-hydrogen) atoms. The van der Waals surface area contributed by atoms with Crippen LogP contribution >= 0.6 is 0 Å². The van der Waals surface area contributed by atoms with E-state index in [1.54, 1.807) is 7.11 Å². The van der Waals surface area contributed by atoms with E-state index in [4.69, 9.17) is 14.5 Å². The molecular formula is C26H23N3O2. The fourth-order valence-electron chi connectivity index (χ4n) is 3.11. The minimum Gasteiger partial charge on any atom is -0.497 e. The summed E-state index contributed by atoms with van der Waals surface area (Å²) >= 11 is 0. The third-order valence-electron chi connectivity index (χ3n) is 4.79. The van der Waals surface area contributed by atoms with Crippen LogP contribution < -0.4 is 9.47 Å². The molecule has 0 aliphatic carbocycles. The molecule has 1 heterocycles. The van der Waals surface area contributed by atoms with E-state index in [-0.39, 0.29) is 0 Å². The van der Waals surface area contributed by atoms with E-state index in [1.165, 1.54) is 0 Å². The molecule has 0 saturated carbocycles. The summed E-state index contributed by atoms with van der Waals surface area (Å²) in [5.41, 5.74) is 4.61. The topological polar surface area (TPSA) is 56.6 Å². The van der Waals surface area contributed by atoms with Crippen molar-refractivity contribution in [1.82, 2.24) is 10.2 Å². The average Bonchev–Trinajstić information content (AvgIpc) is 2.84. The van der Waals surface area contributed by atoms with E-state index >= 15 is 0 Å². The zero-order valence-electron chi connectivity index (χ0n) is 17.5. The van der Waals surface area contributed by atoms with Gasteiger partial charge in [0.15, 0.2) is 5.82 Å². The van der Waals surface area contributed by atoms with E-state index < -0.39 is 0 Å². The standard InChI is InChI=1S/C26H23N3O2/c1-19-24(31-18-20-13-15-23(30-2)16-14-20)17-25(29-28-19)27-26(21-9-5-3-6-10-21)22-11-7-4-8-12-22/h3-17H,18H2,1-2H3. The zero-order chi connectivity index (χ0) is 21.5. The lowest BCUT2D eigenvalue weighted by atomic mass is 10.0. The first kappa shape index (κ1) is 20.3. The number of hydrogen-bond acceptors (Lipinski definition) is 5. The summed E-state index contributed by atoms with van der Waals surface area (Å²) in [4.78, 5) is 4.83. The predicted octanol–water partition coefficient (Wildman–Crippen LogP) is 5.54. The van der Waals surface area contributed by atoms with Gasteiger partial charge in [-0.2, -0.15) is 0 Å². The first-order chi connectivity index (χ1) is 15.2. The number of methoxy groups -OCH3 is 1. The number of nitrogens with zero attached hydrogens (tertiary/aromatic N) is 3. The molecule has 0 aliphatic heterocycles. The van der Waals surface area contributed by atoms with Crippen molar-refractivity contribution in [2.24, 2.45) is 4.99 Å². The second kappa shape index (κ2) is 9.67. The van der Waals surface area contributed by atoms with Crippen LogP contribution in [0.25, 0.3) is 0 Å². The maximum Gasteiger partial charge on any atom is 0.178 e. The third kappa shape index (κ3) is 5.14. The molecule has 4 aromatic rings. The third-order valence-corrected chi connectivity index (χ3v) is 4.79. The van der Waals surface area contributed by atoms with Gasteiger partial charge in [-0.3, -0.25) is 0 Å². The highest BCUT2D eigenvalue weighted by Crippen LogP contribution is 2.24. The van der Waals surface area contributed by atoms with Crippen LogP contribution in [0.15, 0.2) is 96.0 Å². The Labute approximate surface area is 182 Å². The largest absolute Gasteiger partial charge is 0.497 e. The number of aryl methyl sites for hydroxylation is 1. The van der Waals surface area contributed by atoms with Crippen LogP contribution in [0.5, 0.6) is 11.5 Å². The van der Waals surface area contributed by atoms with Crippen LogP contribution in [0.2, 0.25) is 0 Å². The van der Waals surface area contributed by atoms with E-state index in [0.717, 1.165) is 28.2 Å². The molecule has 0 atom stereocenters. The summed E-state index contributed by atoms with van der Waals surface area (Å²) in [5, 5.41) is 8.53. The van der Waals surface area contributed by atoms with Gasteiger partial charge in [0.2, 0.25) is 0 Å². The fraction of sp³-hybridized carbons (Fsp3) is 0.115. The Morgan fingerprint density at radius 2 is 1.42 bits per heavy atom. The highest BCUT2D eigenvalue weighted by atomic mass is 16.5. The Balaban J connectivity index is 1.62. The molecule has 5 heteroatoms. The van der Waals surface area contributed by atoms with Gasteiger partial charge in [0.25, 0.3) is 0 Å². The lowest BCUT2D eigenvalue weighted by Gasteiger charge is -2.10. The first-order valence-electron chi connectivity index (χ1n) is 10.0. The van der Waals surface area contributed by atoms with Crippen LogP contribution in [0.4, 0.5) is 5.82 Å². The van der Waals surface area contributed by atoms with Gasteiger partial charge in [0.05, 0.1) is 12.8 Å². The van der Waals surface area contributed by atoms with Crippen molar-refractivity contribution in [2.75, 3.05) is 7.11 Å². The van der Waals surface area contributed by atoms with Gasteiger partial charge >= 0.3 is 0 Å². The molecule has 0 saturated heterocycles. The van der Waals surface area contributed by atoms with Crippen molar-refractivity contribution >= 4 is 11.5 Å². The average molecular weight is 409 g/mol. The normalized spacial score (nSPS) is 10.4. The Morgan fingerprint density at radius 1 is 0.806 bits per heavy atom. The molecule has 0 spiro atoms. The van der Waals surface area contributed by atoms with Gasteiger partial charge in [-0.1, -0.05) is 72.8 Å². The van der Waals surface area contributed by atoms with Crippen molar-refractivity contribution in [3.8, 4) is 11.5 Å². The summed E-state index contributed by atoms with van der Waals surface area (Å²) in [6.07, 6.45) is 0. The van der Waals surface area contributed by atoms with Gasteiger partial charge in [-0.25, -0.2) is 4.99 Å². The van der Waals surface area contributed by atoms with E-state index in [1.807, 2.05) is 97.9 Å². The van der Waals surface area contributed by atoms with E-state index in [2.05, 4.69) is 10.2 Å². The molecule has 4 rings (SSSR count). The van der Waals surface area contributed by atoms with Crippen molar-refractivity contribution in [2.45, 2.75) is 13.5 Å². The number of hydrogen-bond donors (Lipinski definition) is 0. The van der Waals surface area contributed by atoms with Crippen LogP contribution in [-0.2, 0) is 6.61 Å². The number of ether oxygens (including phenoxy) is 2. The van der Waals surface area contributed by atoms with Crippen molar-refractivity contribution in [3.05, 3.63) is 113 Å². The molecule has 0 fully saturated rings. The maximum absolute atomic E-state index is 6.02. The Hall–Kier alpha value is -3.99. The Bertz CT molecular complexity index is 1120. The minimum absolute atomic E-state index is 0.421. The summed E-state index contributed by atoms with van der Waals surface area (Å²) < 4.78 is 11.2. The highest BCUT2D eigenvalue weighted by molar-refractivity contribution is 6.13. The maximum atomic E-state index is 6.02. The molecule has 0 amide bonds. The molecule has 1 aromatic heterocycles. The molecule has 0 unspecified atom stereocenters. The SMILES string of the molecule is COc1ccc(COc2cc(N=C(c3ccccc3)c3ccccc3)nnc2C)cc1. The monoisotopic (exact) mass is 409 g/mol. The molecule has 0 N–H and O–H groups in total. The molecule has 0 aliphatic rings. The molecule has 0 radical (unpaired) electrons. The van der Waals surface area contributed by atoms with E-state index in [0.29, 0.717) is 23.9 Å². The van der Waals surface area contributed by atoms with Crippen LogP contribution in [0.1, 0.15) is 22.4 Å². The quantitative estimate of drug-likeness (QED) is 0.376. The van der Waals surface area contributed by atoms with Crippen LogP contribution in [0.3, 0.4) is 0 Å². The second-order valence-electron chi connectivity index (χ2n) is 6.98. The smallest absolute Gasteiger partial charge is 0.178 e. The lowest BCUT2D eigenvalue weighted by Crippen LogP contribution is -2.04. The predicted molar refractivity (Wildman–Crippen MR) is 122 cm³/mol. The van der Waals surface area contributed by atoms with Crippen LogP contribution in [-0.4, -0.2) is 23.0 Å². The molecule has 5 nitrogen and oxygen atoms in total. The molecule has 154 valence electrons. The number of rotatable bonds is 7. The highest BCUT2D eigenvalue weighted by Gasteiger charge is 2.10. The van der Waals surface area contributed by atoms with Gasteiger partial charge in [-0.15, -0.1) is 10.2 Å². The second-order valence-corrected chi connectivity index (χ2v) is 6.98. The van der Waals surface area contributed by atoms with Gasteiger partial charge in [0, 0.05) is 17.2 Å². The lowest BCUT2D eigenvalue weighted by molar-refractivity contribution is 0.301. The summed E-state index contributed by atoms with van der Waals surface area (Å²) in [7, 11) is 1.65. The van der Waals surface area contributed by atoms with Crippen molar-refractivity contribution in [3.63, 3.8) is 0 Å². The Morgan fingerprint density at radius 3 is 2.00 bits per heavy atom. The number of aromatic nitrogens is 2. The van der Waals surface area contributed by atoms with Crippen molar-refractivity contribution < 1.29 is 9.47 Å². The molecule has 3 aromatic carbocycles. The minimum atomic E-state index is 0.421. The summed E-state index contributed by atoms with van der Waals surface area (Å²) in [5.74, 6) is 1.97. The Kier molecular flexibility index (Phi) is 6.33. The zero-order valence-corrected chi connectivity index (χ0v) is 17.5.